The highest BCUT2D eigenvalue weighted by Crippen LogP contribution is 2.21. The Morgan fingerprint density at radius 1 is 1.29 bits per heavy atom. The summed E-state index contributed by atoms with van der Waals surface area (Å²) in [6.07, 6.45) is 0. The first-order valence-electron chi connectivity index (χ1n) is 6.59. The second kappa shape index (κ2) is 6.26. The molecule has 0 saturated carbocycles. The van der Waals surface area contributed by atoms with Gasteiger partial charge in [-0.15, -0.1) is 0 Å². The lowest BCUT2D eigenvalue weighted by molar-refractivity contribution is 0.0696. The minimum Gasteiger partial charge on any atom is -0.497 e. The van der Waals surface area contributed by atoms with Gasteiger partial charge in [0.15, 0.2) is 0 Å². The van der Waals surface area contributed by atoms with Crippen LogP contribution in [-0.4, -0.2) is 23.2 Å². The molecule has 0 aliphatic heterocycles. The fourth-order valence-electron chi connectivity index (χ4n) is 2.18. The normalized spacial score (nSPS) is 10.2. The molecule has 0 saturated heterocycles. The molecule has 2 aromatic rings. The number of methoxy groups -OCH3 is 1. The van der Waals surface area contributed by atoms with E-state index in [2.05, 4.69) is 10.3 Å². The maximum absolute atomic E-state index is 11.4. The van der Waals surface area contributed by atoms with Crippen LogP contribution in [0, 0.1) is 13.8 Å². The van der Waals surface area contributed by atoms with Gasteiger partial charge in [-0.3, -0.25) is 4.98 Å². The van der Waals surface area contributed by atoms with Gasteiger partial charge in [0.2, 0.25) is 0 Å². The molecule has 0 unspecified atom stereocenters. The molecule has 1 heterocycles. The first-order chi connectivity index (χ1) is 10.0. The Bertz CT molecular complexity index is 651. The lowest BCUT2D eigenvalue weighted by Crippen LogP contribution is -2.10. The number of anilines is 1. The number of ether oxygens (including phenoxy) is 1. The summed E-state index contributed by atoms with van der Waals surface area (Å²) < 4.78 is 5.11. The van der Waals surface area contributed by atoms with Crippen molar-refractivity contribution in [2.24, 2.45) is 0 Å². The molecule has 5 heteroatoms. The third-order valence-electron chi connectivity index (χ3n) is 3.18. The SMILES string of the molecule is COc1ccc(CNc2cc(C)nc(C)c2C(=O)O)cc1. The molecule has 21 heavy (non-hydrogen) atoms. The van der Waals surface area contributed by atoms with E-state index in [1.165, 1.54) is 0 Å². The fraction of sp³-hybridized carbons (Fsp3) is 0.250. The number of benzene rings is 1. The van der Waals surface area contributed by atoms with Crippen molar-refractivity contribution < 1.29 is 14.6 Å². The van der Waals surface area contributed by atoms with Gasteiger partial charge in [0.05, 0.1) is 18.5 Å². The second-order valence-corrected chi connectivity index (χ2v) is 4.78. The minimum atomic E-state index is -0.975. The summed E-state index contributed by atoms with van der Waals surface area (Å²) in [6.45, 7) is 4.08. The van der Waals surface area contributed by atoms with E-state index in [1.807, 2.05) is 31.2 Å². The van der Waals surface area contributed by atoms with Crippen molar-refractivity contribution in [2.75, 3.05) is 12.4 Å². The van der Waals surface area contributed by atoms with Crippen LogP contribution in [0.5, 0.6) is 5.75 Å². The molecule has 0 radical (unpaired) electrons. The molecule has 2 N–H and O–H groups in total. The van der Waals surface area contributed by atoms with E-state index in [0.717, 1.165) is 17.0 Å². The summed E-state index contributed by atoms with van der Waals surface area (Å²) in [5.41, 5.74) is 3.14. The Kier molecular flexibility index (Phi) is 4.42. The number of carboxylic acids is 1. The lowest BCUT2D eigenvalue weighted by atomic mass is 10.1. The topological polar surface area (TPSA) is 71.5 Å². The van der Waals surface area contributed by atoms with Crippen LogP contribution in [0.15, 0.2) is 30.3 Å². The molecular weight excluding hydrogens is 268 g/mol. The zero-order valence-corrected chi connectivity index (χ0v) is 12.3. The maximum Gasteiger partial charge on any atom is 0.339 e. The van der Waals surface area contributed by atoms with Crippen molar-refractivity contribution in [3.8, 4) is 5.75 Å². The van der Waals surface area contributed by atoms with E-state index in [0.29, 0.717) is 17.9 Å². The van der Waals surface area contributed by atoms with Gasteiger partial charge in [-0.1, -0.05) is 12.1 Å². The van der Waals surface area contributed by atoms with Crippen molar-refractivity contribution in [3.05, 3.63) is 52.8 Å². The first-order valence-corrected chi connectivity index (χ1v) is 6.59. The molecule has 1 aromatic heterocycles. The molecule has 110 valence electrons. The third kappa shape index (κ3) is 3.51. The van der Waals surface area contributed by atoms with E-state index in [4.69, 9.17) is 4.74 Å². The van der Waals surface area contributed by atoms with Crippen LogP contribution in [0.2, 0.25) is 0 Å². The maximum atomic E-state index is 11.4. The van der Waals surface area contributed by atoms with Gasteiger partial charge >= 0.3 is 5.97 Å². The van der Waals surface area contributed by atoms with Crippen molar-refractivity contribution in [1.29, 1.82) is 0 Å². The van der Waals surface area contributed by atoms with Crippen molar-refractivity contribution in [3.63, 3.8) is 0 Å². The molecule has 0 aliphatic rings. The molecule has 0 bridgehead atoms. The molecule has 5 nitrogen and oxygen atoms in total. The summed E-state index contributed by atoms with van der Waals surface area (Å²) in [5, 5.41) is 12.5. The van der Waals surface area contributed by atoms with Crippen LogP contribution < -0.4 is 10.1 Å². The second-order valence-electron chi connectivity index (χ2n) is 4.78. The van der Waals surface area contributed by atoms with Crippen LogP contribution in [0.3, 0.4) is 0 Å². The molecule has 0 aliphatic carbocycles. The number of aromatic nitrogens is 1. The molecule has 2 rings (SSSR count). The number of nitrogens with zero attached hydrogens (tertiary/aromatic N) is 1. The standard InChI is InChI=1S/C16H18N2O3/c1-10-8-14(15(16(19)20)11(2)18-10)17-9-12-4-6-13(21-3)7-5-12/h4-8H,9H2,1-3H3,(H,17,18)(H,19,20). The number of hydrogen-bond acceptors (Lipinski definition) is 4. The molecule has 0 spiro atoms. The van der Waals surface area contributed by atoms with Crippen LogP contribution in [0.1, 0.15) is 27.3 Å². The fourth-order valence-corrected chi connectivity index (χ4v) is 2.18. The molecule has 1 aromatic carbocycles. The number of carboxylic acid groups (broad SMARTS) is 1. The largest absolute Gasteiger partial charge is 0.497 e. The quantitative estimate of drug-likeness (QED) is 0.884. The highest BCUT2D eigenvalue weighted by Gasteiger charge is 2.15. The predicted octanol–water partition coefficient (Wildman–Crippen LogP) is 3.02. The van der Waals surface area contributed by atoms with Crippen LogP contribution in [0.4, 0.5) is 5.69 Å². The lowest BCUT2D eigenvalue weighted by Gasteiger charge is -2.12. The summed E-state index contributed by atoms with van der Waals surface area (Å²) in [6, 6.07) is 9.37. The Morgan fingerprint density at radius 2 is 1.95 bits per heavy atom. The van der Waals surface area contributed by atoms with Gasteiger partial charge in [-0.05, 0) is 37.6 Å². The van der Waals surface area contributed by atoms with Gasteiger partial charge in [0.25, 0.3) is 0 Å². The van der Waals surface area contributed by atoms with Crippen molar-refractivity contribution in [2.45, 2.75) is 20.4 Å². The zero-order chi connectivity index (χ0) is 15.4. The van der Waals surface area contributed by atoms with E-state index < -0.39 is 5.97 Å². The highest BCUT2D eigenvalue weighted by atomic mass is 16.5. The number of rotatable bonds is 5. The highest BCUT2D eigenvalue weighted by molar-refractivity contribution is 5.95. The summed E-state index contributed by atoms with van der Waals surface area (Å²) in [4.78, 5) is 15.5. The monoisotopic (exact) mass is 286 g/mol. The third-order valence-corrected chi connectivity index (χ3v) is 3.18. The van der Waals surface area contributed by atoms with Crippen molar-refractivity contribution in [1.82, 2.24) is 4.98 Å². The molecule has 0 amide bonds. The number of pyridine rings is 1. The predicted molar refractivity (Wildman–Crippen MR) is 81.0 cm³/mol. The first kappa shape index (κ1) is 14.8. The van der Waals surface area contributed by atoms with Gasteiger partial charge in [-0.2, -0.15) is 0 Å². The number of aryl methyl sites for hydroxylation is 2. The Balaban J connectivity index is 2.20. The summed E-state index contributed by atoms with van der Waals surface area (Å²) >= 11 is 0. The molecule has 0 atom stereocenters. The van der Waals surface area contributed by atoms with Crippen LogP contribution in [0.25, 0.3) is 0 Å². The van der Waals surface area contributed by atoms with Gasteiger partial charge in [0, 0.05) is 12.2 Å². The van der Waals surface area contributed by atoms with Crippen LogP contribution in [-0.2, 0) is 6.54 Å². The van der Waals surface area contributed by atoms with E-state index in [9.17, 15) is 9.90 Å². The summed E-state index contributed by atoms with van der Waals surface area (Å²) in [7, 11) is 1.62. The number of nitrogens with one attached hydrogen (secondary N) is 1. The van der Waals surface area contributed by atoms with E-state index in [1.54, 1.807) is 20.1 Å². The smallest absolute Gasteiger partial charge is 0.339 e. The van der Waals surface area contributed by atoms with Crippen LogP contribution >= 0.6 is 0 Å². The number of carbonyl (C=O) groups is 1. The van der Waals surface area contributed by atoms with Gasteiger partial charge < -0.3 is 15.2 Å². The Labute approximate surface area is 123 Å². The molecular formula is C16H18N2O3. The number of hydrogen-bond donors (Lipinski definition) is 2. The van der Waals surface area contributed by atoms with E-state index >= 15 is 0 Å². The van der Waals surface area contributed by atoms with Gasteiger partial charge in [0.1, 0.15) is 11.3 Å². The molecule has 0 fully saturated rings. The van der Waals surface area contributed by atoms with Gasteiger partial charge in [-0.25, -0.2) is 4.79 Å². The average Bonchev–Trinajstić information content (AvgIpc) is 2.44. The average molecular weight is 286 g/mol. The van der Waals surface area contributed by atoms with Crippen molar-refractivity contribution >= 4 is 11.7 Å². The minimum absolute atomic E-state index is 0.217. The summed E-state index contributed by atoms with van der Waals surface area (Å²) in [5.74, 6) is -0.183. The Hall–Kier alpha value is -2.56. The zero-order valence-electron chi connectivity index (χ0n) is 12.3. The number of aromatic carboxylic acids is 1. The Morgan fingerprint density at radius 3 is 2.52 bits per heavy atom. The van der Waals surface area contributed by atoms with E-state index in [-0.39, 0.29) is 5.56 Å².